The number of piperazine rings is 1. The third kappa shape index (κ3) is 3.69. The molecule has 2 fully saturated rings. The summed E-state index contributed by atoms with van der Waals surface area (Å²) in [6, 6.07) is 3.48. The van der Waals surface area contributed by atoms with Gasteiger partial charge in [-0.1, -0.05) is 0 Å². The molecule has 0 bridgehead atoms. The summed E-state index contributed by atoms with van der Waals surface area (Å²) in [5, 5.41) is 0.979. The second-order valence-corrected chi connectivity index (χ2v) is 12.7. The third-order valence-electron chi connectivity index (χ3n) is 5.96. The van der Waals surface area contributed by atoms with Crippen LogP contribution in [0.15, 0.2) is 16.3 Å². The van der Waals surface area contributed by atoms with Gasteiger partial charge in [0.25, 0.3) is 15.9 Å². The molecule has 3 aromatic heterocycles. The van der Waals surface area contributed by atoms with E-state index in [0.29, 0.717) is 41.2 Å². The van der Waals surface area contributed by atoms with Crippen molar-refractivity contribution >= 4 is 48.8 Å². The van der Waals surface area contributed by atoms with E-state index in [1.807, 2.05) is 26.8 Å². The minimum Gasteiger partial charge on any atom is -0.335 e. The summed E-state index contributed by atoms with van der Waals surface area (Å²) >= 11 is 2.72. The summed E-state index contributed by atoms with van der Waals surface area (Å²) < 4.78 is 27.6. The molecule has 31 heavy (non-hydrogen) atoms. The Morgan fingerprint density at radius 1 is 1.03 bits per heavy atom. The van der Waals surface area contributed by atoms with Gasteiger partial charge in [0.2, 0.25) is 0 Å². The van der Waals surface area contributed by atoms with Crippen LogP contribution in [-0.4, -0.2) is 59.7 Å². The molecule has 1 aliphatic carbocycles. The van der Waals surface area contributed by atoms with Crippen LogP contribution in [0.4, 0.5) is 0 Å². The molecule has 4 heterocycles. The van der Waals surface area contributed by atoms with Gasteiger partial charge in [-0.15, -0.1) is 22.7 Å². The number of carbonyl (C=O) groups is 1. The summed E-state index contributed by atoms with van der Waals surface area (Å²) in [5.74, 6) is 1.32. The first-order valence-electron chi connectivity index (χ1n) is 10.4. The Hall–Kier alpha value is -1.88. The van der Waals surface area contributed by atoms with E-state index in [1.54, 1.807) is 11.0 Å². The van der Waals surface area contributed by atoms with Crippen molar-refractivity contribution in [1.29, 1.82) is 0 Å². The minimum atomic E-state index is -3.50. The van der Waals surface area contributed by atoms with Crippen LogP contribution in [0.1, 0.15) is 50.4 Å². The SMILES string of the molecule is Cc1ccc(S(=O)(=O)N2CCN(C(=O)c3sc4nc(C5CC5)nc(C)c4c3C)CC2)s1. The van der Waals surface area contributed by atoms with Crippen LogP contribution in [0.3, 0.4) is 0 Å². The number of amides is 1. The predicted octanol–water partition coefficient (Wildman–Crippen LogP) is 3.70. The largest absolute Gasteiger partial charge is 0.335 e. The summed E-state index contributed by atoms with van der Waals surface area (Å²) in [5.41, 5.74) is 1.86. The molecule has 0 N–H and O–H groups in total. The van der Waals surface area contributed by atoms with Crippen LogP contribution < -0.4 is 0 Å². The lowest BCUT2D eigenvalue weighted by Crippen LogP contribution is -2.50. The summed E-state index contributed by atoms with van der Waals surface area (Å²) in [6.07, 6.45) is 2.28. The van der Waals surface area contributed by atoms with Gasteiger partial charge in [-0.25, -0.2) is 18.4 Å². The van der Waals surface area contributed by atoms with Crippen LogP contribution >= 0.6 is 22.7 Å². The Morgan fingerprint density at radius 2 is 1.74 bits per heavy atom. The van der Waals surface area contributed by atoms with Crippen molar-refractivity contribution < 1.29 is 13.2 Å². The van der Waals surface area contributed by atoms with Gasteiger partial charge in [-0.3, -0.25) is 4.79 Å². The fourth-order valence-electron chi connectivity index (χ4n) is 4.04. The van der Waals surface area contributed by atoms with Crippen LogP contribution in [0, 0.1) is 20.8 Å². The Kier molecular flexibility index (Phi) is 5.16. The average molecular weight is 477 g/mol. The monoisotopic (exact) mass is 476 g/mol. The first-order valence-corrected chi connectivity index (χ1v) is 13.5. The number of nitrogens with zero attached hydrogens (tertiary/aromatic N) is 4. The molecule has 1 saturated carbocycles. The number of hydrogen-bond acceptors (Lipinski definition) is 7. The highest BCUT2D eigenvalue weighted by Gasteiger charge is 2.33. The zero-order valence-electron chi connectivity index (χ0n) is 17.7. The van der Waals surface area contributed by atoms with Gasteiger partial charge in [-0.05, 0) is 51.3 Å². The number of fused-ring (bicyclic) bond motifs is 1. The standard InChI is InChI=1S/C21H24N4O3S3/c1-12-4-7-16(29-12)31(27,28)25-10-8-24(9-11-25)21(26)18-13(2)17-14(3)22-19(15-5-6-15)23-20(17)30-18/h4,7,15H,5-6,8-11H2,1-3H3. The van der Waals surface area contributed by atoms with Gasteiger partial charge < -0.3 is 4.90 Å². The number of aromatic nitrogens is 2. The molecule has 7 nitrogen and oxygen atoms in total. The fourth-order valence-corrected chi connectivity index (χ4v) is 8.11. The van der Waals surface area contributed by atoms with E-state index >= 15 is 0 Å². The lowest BCUT2D eigenvalue weighted by molar-refractivity contribution is 0.0702. The van der Waals surface area contributed by atoms with Crippen molar-refractivity contribution in [3.63, 3.8) is 0 Å². The Morgan fingerprint density at radius 3 is 2.35 bits per heavy atom. The van der Waals surface area contributed by atoms with Crippen molar-refractivity contribution in [2.24, 2.45) is 0 Å². The maximum Gasteiger partial charge on any atom is 0.264 e. The third-order valence-corrected chi connectivity index (χ3v) is 10.5. The molecule has 0 atom stereocenters. The molecular weight excluding hydrogens is 452 g/mol. The molecule has 0 radical (unpaired) electrons. The van der Waals surface area contributed by atoms with Crippen molar-refractivity contribution in [1.82, 2.24) is 19.2 Å². The molecule has 2 aliphatic rings. The number of carbonyl (C=O) groups excluding carboxylic acids is 1. The van der Waals surface area contributed by atoms with E-state index in [2.05, 4.69) is 4.98 Å². The molecule has 1 amide bonds. The van der Waals surface area contributed by atoms with Crippen LogP contribution in [0.5, 0.6) is 0 Å². The van der Waals surface area contributed by atoms with E-state index in [9.17, 15) is 13.2 Å². The van der Waals surface area contributed by atoms with E-state index in [1.165, 1.54) is 27.0 Å². The minimum absolute atomic E-state index is 0.0445. The first-order chi connectivity index (χ1) is 14.8. The van der Waals surface area contributed by atoms with Crippen LogP contribution in [0.25, 0.3) is 10.2 Å². The Labute approximate surface area is 189 Å². The maximum absolute atomic E-state index is 13.3. The first kappa shape index (κ1) is 21.0. The molecule has 5 rings (SSSR count). The van der Waals surface area contributed by atoms with Crippen molar-refractivity contribution in [2.45, 2.75) is 43.7 Å². The lowest BCUT2D eigenvalue weighted by Gasteiger charge is -2.33. The average Bonchev–Trinajstić information content (AvgIpc) is 3.42. The molecule has 0 aromatic carbocycles. The van der Waals surface area contributed by atoms with Crippen LogP contribution in [0.2, 0.25) is 0 Å². The highest BCUT2D eigenvalue weighted by Crippen LogP contribution is 2.40. The van der Waals surface area contributed by atoms with Crippen molar-refractivity contribution in [3.8, 4) is 0 Å². The molecular formula is C21H24N4O3S3. The molecule has 3 aromatic rings. The Bertz CT molecular complexity index is 1280. The van der Waals surface area contributed by atoms with Crippen LogP contribution in [-0.2, 0) is 10.0 Å². The van der Waals surface area contributed by atoms with Gasteiger partial charge in [0.1, 0.15) is 14.9 Å². The van der Waals surface area contributed by atoms with E-state index in [0.717, 1.165) is 45.0 Å². The number of thiophene rings is 2. The zero-order valence-corrected chi connectivity index (χ0v) is 20.2. The molecule has 0 spiro atoms. The van der Waals surface area contributed by atoms with E-state index < -0.39 is 10.0 Å². The lowest BCUT2D eigenvalue weighted by atomic mass is 10.1. The summed E-state index contributed by atoms with van der Waals surface area (Å²) in [4.78, 5) is 27.0. The van der Waals surface area contributed by atoms with E-state index in [4.69, 9.17) is 4.98 Å². The highest BCUT2D eigenvalue weighted by atomic mass is 32.2. The van der Waals surface area contributed by atoms with Gasteiger partial charge >= 0.3 is 0 Å². The number of hydrogen-bond donors (Lipinski definition) is 0. The van der Waals surface area contributed by atoms with E-state index in [-0.39, 0.29) is 5.91 Å². The molecule has 0 unspecified atom stereocenters. The zero-order chi connectivity index (χ0) is 21.9. The van der Waals surface area contributed by atoms with Gasteiger partial charge in [0.15, 0.2) is 0 Å². The molecule has 1 aliphatic heterocycles. The molecule has 1 saturated heterocycles. The maximum atomic E-state index is 13.3. The summed E-state index contributed by atoms with van der Waals surface area (Å²) in [7, 11) is -3.50. The fraction of sp³-hybridized carbons (Fsp3) is 0.476. The van der Waals surface area contributed by atoms with Gasteiger partial charge in [0.05, 0.1) is 10.6 Å². The molecule has 164 valence electrons. The second kappa shape index (κ2) is 7.61. The predicted molar refractivity (Wildman–Crippen MR) is 123 cm³/mol. The van der Waals surface area contributed by atoms with Crippen molar-refractivity contribution in [3.05, 3.63) is 39.0 Å². The topological polar surface area (TPSA) is 83.5 Å². The number of aryl methyl sites for hydroxylation is 3. The highest BCUT2D eigenvalue weighted by molar-refractivity contribution is 7.91. The molecule has 10 heteroatoms. The number of sulfonamides is 1. The van der Waals surface area contributed by atoms with Gasteiger partial charge in [0, 0.05) is 42.4 Å². The quantitative estimate of drug-likeness (QED) is 0.573. The smallest absolute Gasteiger partial charge is 0.264 e. The normalized spacial score (nSPS) is 18.1. The van der Waals surface area contributed by atoms with Crippen molar-refractivity contribution in [2.75, 3.05) is 26.2 Å². The van der Waals surface area contributed by atoms with Gasteiger partial charge in [-0.2, -0.15) is 4.31 Å². The second-order valence-electron chi connectivity index (χ2n) is 8.24. The number of rotatable bonds is 4. The Balaban J connectivity index is 1.35. The summed E-state index contributed by atoms with van der Waals surface area (Å²) in [6.45, 7) is 7.22.